The average molecular weight is 470 g/mol. The van der Waals surface area contributed by atoms with Crippen molar-refractivity contribution in [1.29, 1.82) is 0 Å². The van der Waals surface area contributed by atoms with Gasteiger partial charge in [0.25, 0.3) is 0 Å². The highest BCUT2D eigenvalue weighted by Gasteiger charge is 2.31. The van der Waals surface area contributed by atoms with Gasteiger partial charge in [-0.1, -0.05) is 30.3 Å². The zero-order valence-electron chi connectivity index (χ0n) is 20.5. The predicted molar refractivity (Wildman–Crippen MR) is 137 cm³/mol. The van der Waals surface area contributed by atoms with E-state index in [1.54, 1.807) is 7.11 Å². The number of fused-ring (bicyclic) bond motifs is 1. The number of pyridine rings is 1. The molecular formula is C29H31N3O3. The Morgan fingerprint density at radius 2 is 1.94 bits per heavy atom. The van der Waals surface area contributed by atoms with E-state index in [4.69, 9.17) is 9.47 Å². The smallest absolute Gasteiger partial charge is 0.340 e. The molecule has 0 saturated carbocycles. The molecule has 2 atom stereocenters. The minimum Gasteiger partial charge on any atom is -0.497 e. The summed E-state index contributed by atoms with van der Waals surface area (Å²) in [5.41, 5.74) is 4.94. The van der Waals surface area contributed by atoms with Crippen LogP contribution in [0.1, 0.15) is 60.3 Å². The number of methoxy groups -OCH3 is 1. The molecule has 6 heteroatoms. The second kappa shape index (κ2) is 9.92. The van der Waals surface area contributed by atoms with Crippen LogP contribution in [0.15, 0.2) is 73.2 Å². The molecule has 1 aliphatic rings. The van der Waals surface area contributed by atoms with E-state index in [2.05, 4.69) is 35.0 Å². The standard InChI is InChI=1S/C29H31N3O3/c1-4-35-29(33)26-19-32(28-9-6-5-8-25(26)28)23-16-22(17-30-18-23)27-10-7-15-31(27)20(2)21-11-13-24(34-3)14-12-21/h5-6,8-9,11-14,16-20,27H,4,7,10,15H2,1-3H3/t20-,27?/m1/s1. The van der Waals surface area contributed by atoms with Crippen LogP contribution >= 0.6 is 0 Å². The van der Waals surface area contributed by atoms with Gasteiger partial charge in [-0.2, -0.15) is 0 Å². The van der Waals surface area contributed by atoms with Gasteiger partial charge in [-0.3, -0.25) is 9.88 Å². The summed E-state index contributed by atoms with van der Waals surface area (Å²) in [4.78, 5) is 19.8. The molecule has 35 heavy (non-hydrogen) atoms. The minimum atomic E-state index is -0.304. The molecule has 6 nitrogen and oxygen atoms in total. The first-order valence-electron chi connectivity index (χ1n) is 12.2. The van der Waals surface area contributed by atoms with Gasteiger partial charge in [-0.25, -0.2) is 4.79 Å². The molecule has 180 valence electrons. The number of hydrogen-bond donors (Lipinski definition) is 0. The summed E-state index contributed by atoms with van der Waals surface area (Å²) in [5.74, 6) is 0.568. The Hall–Kier alpha value is -3.64. The Balaban J connectivity index is 1.48. The molecule has 4 aromatic rings. The Bertz CT molecular complexity index is 1330. The fourth-order valence-electron chi connectivity index (χ4n) is 5.21. The average Bonchev–Trinajstić information content (AvgIpc) is 3.54. The van der Waals surface area contributed by atoms with Crippen LogP contribution in [0.4, 0.5) is 0 Å². The van der Waals surface area contributed by atoms with Crippen LogP contribution < -0.4 is 4.74 Å². The van der Waals surface area contributed by atoms with Crippen LogP contribution in [-0.2, 0) is 4.74 Å². The summed E-state index contributed by atoms with van der Waals surface area (Å²) >= 11 is 0. The summed E-state index contributed by atoms with van der Waals surface area (Å²) in [6, 6.07) is 19.0. The minimum absolute atomic E-state index is 0.278. The first kappa shape index (κ1) is 23.1. The summed E-state index contributed by atoms with van der Waals surface area (Å²) in [5, 5.41) is 0.881. The highest BCUT2D eigenvalue weighted by molar-refractivity contribution is 6.04. The van der Waals surface area contributed by atoms with E-state index >= 15 is 0 Å². The zero-order valence-corrected chi connectivity index (χ0v) is 20.5. The van der Waals surface area contributed by atoms with Crippen molar-refractivity contribution < 1.29 is 14.3 Å². The maximum absolute atomic E-state index is 12.6. The SMILES string of the molecule is CCOC(=O)c1cn(-c2cncc(C3CCCN3[C@H](C)c3ccc(OC)cc3)c2)c2ccccc12. The van der Waals surface area contributed by atoms with Crippen LogP contribution in [-0.4, -0.2) is 40.7 Å². The van der Waals surface area contributed by atoms with Gasteiger partial charge in [0, 0.05) is 29.9 Å². The highest BCUT2D eigenvalue weighted by Crippen LogP contribution is 2.39. The van der Waals surface area contributed by atoms with E-state index in [1.165, 1.54) is 11.1 Å². The fourth-order valence-corrected chi connectivity index (χ4v) is 5.21. The molecule has 5 rings (SSSR count). The molecule has 0 bridgehead atoms. The van der Waals surface area contributed by atoms with Crippen LogP contribution in [0.25, 0.3) is 16.6 Å². The molecule has 3 heterocycles. The fraction of sp³-hybridized carbons (Fsp3) is 0.310. The van der Waals surface area contributed by atoms with Crippen LogP contribution in [0.3, 0.4) is 0 Å². The molecule has 0 spiro atoms. The Morgan fingerprint density at radius 1 is 1.14 bits per heavy atom. The second-order valence-corrected chi connectivity index (χ2v) is 8.97. The van der Waals surface area contributed by atoms with Crippen molar-refractivity contribution in [2.75, 3.05) is 20.3 Å². The van der Waals surface area contributed by atoms with Gasteiger partial charge in [0.05, 0.1) is 36.7 Å². The van der Waals surface area contributed by atoms with Gasteiger partial charge in [0.2, 0.25) is 0 Å². The lowest BCUT2D eigenvalue weighted by Gasteiger charge is -2.31. The topological polar surface area (TPSA) is 56.6 Å². The quantitative estimate of drug-likeness (QED) is 0.306. The molecule has 1 aliphatic heterocycles. The van der Waals surface area contributed by atoms with E-state index in [-0.39, 0.29) is 18.1 Å². The summed E-state index contributed by atoms with van der Waals surface area (Å²) in [6.45, 7) is 5.48. The van der Waals surface area contributed by atoms with Crippen molar-refractivity contribution in [2.24, 2.45) is 0 Å². The maximum atomic E-state index is 12.6. The number of carbonyl (C=O) groups excluding carboxylic acids is 1. The van der Waals surface area contributed by atoms with Gasteiger partial charge >= 0.3 is 5.97 Å². The van der Waals surface area contributed by atoms with Crippen molar-refractivity contribution >= 4 is 16.9 Å². The molecular weight excluding hydrogens is 438 g/mol. The van der Waals surface area contributed by atoms with Gasteiger partial charge in [0.15, 0.2) is 0 Å². The number of ether oxygens (including phenoxy) is 2. The number of aromatic nitrogens is 2. The zero-order chi connectivity index (χ0) is 24.4. The number of esters is 1. The lowest BCUT2D eigenvalue weighted by molar-refractivity contribution is 0.0528. The van der Waals surface area contributed by atoms with Crippen molar-refractivity contribution in [1.82, 2.24) is 14.5 Å². The second-order valence-electron chi connectivity index (χ2n) is 8.97. The largest absolute Gasteiger partial charge is 0.497 e. The third kappa shape index (κ3) is 4.42. The normalized spacial score (nSPS) is 16.9. The number of hydrogen-bond acceptors (Lipinski definition) is 5. The molecule has 2 aromatic carbocycles. The first-order valence-corrected chi connectivity index (χ1v) is 12.2. The van der Waals surface area contributed by atoms with Crippen LogP contribution in [0.5, 0.6) is 5.75 Å². The van der Waals surface area contributed by atoms with Crippen molar-refractivity contribution in [3.63, 3.8) is 0 Å². The Labute approximate surface area is 206 Å². The van der Waals surface area contributed by atoms with Crippen LogP contribution in [0, 0.1) is 0 Å². The number of rotatable bonds is 7. The molecule has 1 unspecified atom stereocenters. The molecule has 2 aromatic heterocycles. The Kier molecular flexibility index (Phi) is 6.55. The van der Waals surface area contributed by atoms with Gasteiger partial charge in [-0.05, 0) is 68.6 Å². The number of likely N-dealkylation sites (tertiary alicyclic amines) is 1. The van der Waals surface area contributed by atoms with Crippen molar-refractivity contribution in [3.8, 4) is 11.4 Å². The Morgan fingerprint density at radius 3 is 2.71 bits per heavy atom. The van der Waals surface area contributed by atoms with Gasteiger partial charge in [-0.15, -0.1) is 0 Å². The lowest BCUT2D eigenvalue weighted by Crippen LogP contribution is -2.26. The molecule has 0 radical (unpaired) electrons. The van der Waals surface area contributed by atoms with E-state index < -0.39 is 0 Å². The number of para-hydroxylation sites is 1. The van der Waals surface area contributed by atoms with Gasteiger partial charge in [0.1, 0.15) is 5.75 Å². The van der Waals surface area contributed by atoms with E-state index in [9.17, 15) is 4.79 Å². The van der Waals surface area contributed by atoms with Crippen molar-refractivity contribution in [3.05, 3.63) is 89.9 Å². The summed E-state index contributed by atoms with van der Waals surface area (Å²) in [7, 11) is 1.69. The monoisotopic (exact) mass is 469 g/mol. The lowest BCUT2D eigenvalue weighted by atomic mass is 10.0. The highest BCUT2D eigenvalue weighted by atomic mass is 16.5. The molecule has 0 N–H and O–H groups in total. The number of nitrogens with zero attached hydrogens (tertiary/aromatic N) is 3. The van der Waals surface area contributed by atoms with Crippen LogP contribution in [0.2, 0.25) is 0 Å². The van der Waals surface area contributed by atoms with Gasteiger partial charge < -0.3 is 14.0 Å². The summed E-state index contributed by atoms with van der Waals surface area (Å²) in [6.07, 6.45) is 7.94. The van der Waals surface area contributed by atoms with E-state index in [1.807, 2.05) is 66.5 Å². The van der Waals surface area contributed by atoms with E-state index in [0.29, 0.717) is 12.2 Å². The maximum Gasteiger partial charge on any atom is 0.340 e. The number of carbonyl (C=O) groups is 1. The van der Waals surface area contributed by atoms with E-state index in [0.717, 1.165) is 41.7 Å². The molecule has 1 fully saturated rings. The third-order valence-electron chi connectivity index (χ3n) is 7.01. The third-order valence-corrected chi connectivity index (χ3v) is 7.01. The molecule has 0 amide bonds. The predicted octanol–water partition coefficient (Wildman–Crippen LogP) is 6.11. The number of benzene rings is 2. The summed E-state index contributed by atoms with van der Waals surface area (Å²) < 4.78 is 12.7. The first-order chi connectivity index (χ1) is 17.1. The van der Waals surface area contributed by atoms with Crippen molar-refractivity contribution in [2.45, 2.75) is 38.8 Å². The molecule has 1 saturated heterocycles. The molecule has 0 aliphatic carbocycles.